The van der Waals surface area contributed by atoms with E-state index < -0.39 is 28.0 Å². The van der Waals surface area contributed by atoms with E-state index in [9.17, 15) is 24.5 Å². The molecule has 1 aromatic heterocycles. The molecule has 27 heavy (non-hydrogen) atoms. The number of hydrogen-bond acceptors (Lipinski definition) is 8. The molecule has 1 aromatic carbocycles. The number of hydrogen-bond donors (Lipinski definition) is 2. The number of nitrogens with two attached hydrogens (primary N) is 1. The highest BCUT2D eigenvalue weighted by Crippen LogP contribution is 2.41. The Morgan fingerprint density at radius 3 is 2.30 bits per heavy atom. The van der Waals surface area contributed by atoms with Gasteiger partial charge in [-0.05, 0) is 6.92 Å². The molecule has 140 valence electrons. The van der Waals surface area contributed by atoms with Crippen molar-refractivity contribution in [3.05, 3.63) is 49.3 Å². The molecule has 0 unspecified atom stereocenters. The number of ether oxygens (including phenoxy) is 2. The van der Waals surface area contributed by atoms with E-state index in [-0.39, 0.29) is 39.7 Å². The summed E-state index contributed by atoms with van der Waals surface area (Å²) in [5, 5.41) is 13.5. The number of aromatic nitrogens is 1. The number of methoxy groups -OCH3 is 2. The van der Waals surface area contributed by atoms with Crippen LogP contribution in [-0.4, -0.2) is 35.5 Å². The third kappa shape index (κ3) is 2.47. The number of pyridine rings is 1. The van der Waals surface area contributed by atoms with Gasteiger partial charge < -0.3 is 15.2 Å². The maximum Gasteiger partial charge on any atom is 0.313 e. The number of nitro groups is 1. The Bertz CT molecular complexity index is 1090. The Morgan fingerprint density at radius 2 is 1.74 bits per heavy atom. The van der Waals surface area contributed by atoms with Crippen molar-refractivity contribution in [3.63, 3.8) is 0 Å². The maximum atomic E-state index is 12.6. The lowest BCUT2D eigenvalue weighted by Gasteiger charge is -2.18. The Labute approximate surface area is 151 Å². The van der Waals surface area contributed by atoms with E-state index in [0.717, 1.165) is 16.7 Å². The summed E-state index contributed by atoms with van der Waals surface area (Å²) in [7, 11) is 2.57. The maximum absolute atomic E-state index is 12.6. The molecule has 0 saturated heterocycles. The van der Waals surface area contributed by atoms with Gasteiger partial charge in [0.2, 0.25) is 5.75 Å². The lowest BCUT2D eigenvalue weighted by molar-refractivity contribution is -0.385. The third-order valence-corrected chi connectivity index (χ3v) is 4.22. The number of carbonyl (C=O) groups is 2. The van der Waals surface area contributed by atoms with E-state index in [4.69, 9.17) is 15.2 Å². The van der Waals surface area contributed by atoms with Gasteiger partial charge in [0.05, 0.1) is 30.3 Å². The van der Waals surface area contributed by atoms with Crippen molar-refractivity contribution in [1.29, 1.82) is 0 Å². The molecule has 2 aromatic rings. The van der Waals surface area contributed by atoms with Crippen molar-refractivity contribution in [1.82, 2.24) is 9.88 Å². The van der Waals surface area contributed by atoms with Crippen LogP contribution < -0.4 is 26.1 Å². The number of imide groups is 1. The highest BCUT2D eigenvalue weighted by molar-refractivity contribution is 6.23. The molecule has 3 N–H and O–H groups in total. The molecule has 0 spiro atoms. The van der Waals surface area contributed by atoms with E-state index >= 15 is 0 Å². The van der Waals surface area contributed by atoms with E-state index in [1.54, 1.807) is 0 Å². The fourth-order valence-corrected chi connectivity index (χ4v) is 3.09. The van der Waals surface area contributed by atoms with Crippen molar-refractivity contribution in [3.8, 4) is 17.2 Å². The summed E-state index contributed by atoms with van der Waals surface area (Å²) in [6, 6.07) is 2.00. The minimum absolute atomic E-state index is 0.0405. The quantitative estimate of drug-likeness (QED) is 0.446. The summed E-state index contributed by atoms with van der Waals surface area (Å²) < 4.78 is 11.3. The lowest BCUT2D eigenvalue weighted by atomic mass is 10.1. The number of nitro benzene ring substituents is 1. The average Bonchev–Trinajstić information content (AvgIpc) is 2.88. The molecule has 11 nitrogen and oxygen atoms in total. The van der Waals surface area contributed by atoms with Crippen LogP contribution in [0.1, 0.15) is 26.3 Å². The lowest BCUT2D eigenvalue weighted by Crippen LogP contribution is -2.24. The number of nitrogens with zero attached hydrogens (tertiary/aromatic N) is 2. The first kappa shape index (κ1) is 17.9. The molecule has 3 rings (SSSR count). The predicted octanol–water partition coefficient (Wildman–Crippen LogP) is 0.537. The second kappa shape index (κ2) is 6.12. The van der Waals surface area contributed by atoms with Crippen LogP contribution in [0.15, 0.2) is 16.9 Å². The van der Waals surface area contributed by atoms with Crippen molar-refractivity contribution in [2.45, 2.75) is 6.92 Å². The van der Waals surface area contributed by atoms with Crippen molar-refractivity contribution >= 4 is 23.3 Å². The number of nitrogens with one attached hydrogen (secondary N) is 1. The van der Waals surface area contributed by atoms with Crippen LogP contribution in [0.25, 0.3) is 5.69 Å². The molecule has 0 atom stereocenters. The summed E-state index contributed by atoms with van der Waals surface area (Å²) in [5.74, 6) is -1.79. The minimum Gasteiger partial charge on any atom is -0.494 e. The Morgan fingerprint density at radius 1 is 1.11 bits per heavy atom. The van der Waals surface area contributed by atoms with Crippen molar-refractivity contribution in [2.24, 2.45) is 0 Å². The van der Waals surface area contributed by atoms with Crippen LogP contribution in [0, 0.1) is 17.0 Å². The first-order valence-electron chi connectivity index (χ1n) is 7.54. The standard InChI is InChI=1S/C16H14N4O7/c1-6-12(26-2)8(5-9(20(24)25)13(6)27-3)19-10(21)4-7-11(14(19)17)16(23)18-15(7)22/h4-5H,17H2,1-3H3,(H,18,22,23). The molecule has 0 bridgehead atoms. The summed E-state index contributed by atoms with van der Waals surface area (Å²) in [5.41, 5.74) is 4.68. The molecule has 2 amide bonds. The normalized spacial score (nSPS) is 12.6. The summed E-state index contributed by atoms with van der Waals surface area (Å²) >= 11 is 0. The first-order chi connectivity index (χ1) is 12.7. The Balaban J connectivity index is 2.44. The largest absolute Gasteiger partial charge is 0.494 e. The molecule has 1 aliphatic rings. The zero-order valence-corrected chi connectivity index (χ0v) is 14.5. The zero-order chi connectivity index (χ0) is 20.0. The summed E-state index contributed by atoms with van der Waals surface area (Å²) in [6.07, 6.45) is 0. The van der Waals surface area contributed by atoms with Crippen LogP contribution in [-0.2, 0) is 0 Å². The third-order valence-electron chi connectivity index (χ3n) is 4.22. The van der Waals surface area contributed by atoms with Gasteiger partial charge in [0, 0.05) is 17.7 Å². The molecule has 0 saturated carbocycles. The highest BCUT2D eigenvalue weighted by Gasteiger charge is 2.33. The summed E-state index contributed by atoms with van der Waals surface area (Å²) in [4.78, 5) is 47.1. The number of anilines is 1. The molecule has 0 fully saturated rings. The monoisotopic (exact) mass is 374 g/mol. The number of amides is 2. The molecule has 11 heteroatoms. The first-order valence-corrected chi connectivity index (χ1v) is 7.54. The van der Waals surface area contributed by atoms with Gasteiger partial charge in [-0.1, -0.05) is 0 Å². The minimum atomic E-state index is -0.764. The molecule has 1 aliphatic heterocycles. The van der Waals surface area contributed by atoms with Gasteiger partial charge >= 0.3 is 5.69 Å². The molecular weight excluding hydrogens is 360 g/mol. The van der Waals surface area contributed by atoms with Gasteiger partial charge in [-0.25, -0.2) is 0 Å². The van der Waals surface area contributed by atoms with Gasteiger partial charge in [-0.15, -0.1) is 0 Å². The number of carbonyl (C=O) groups excluding carboxylic acids is 2. The number of benzene rings is 1. The van der Waals surface area contributed by atoms with E-state index in [1.807, 2.05) is 5.32 Å². The van der Waals surface area contributed by atoms with E-state index in [2.05, 4.69) is 0 Å². The SMILES string of the molecule is COc1c(-n2c(N)c3c(cc2=O)C(=O)NC3=O)cc([N+](=O)[O-])c(OC)c1C. The number of nitrogen functional groups attached to an aromatic ring is 1. The van der Waals surface area contributed by atoms with Crippen LogP contribution >= 0.6 is 0 Å². The molecule has 0 aliphatic carbocycles. The fourth-order valence-electron chi connectivity index (χ4n) is 3.09. The summed E-state index contributed by atoms with van der Waals surface area (Å²) in [6.45, 7) is 1.51. The van der Waals surface area contributed by atoms with E-state index in [0.29, 0.717) is 0 Å². The van der Waals surface area contributed by atoms with Gasteiger partial charge in [0.25, 0.3) is 17.4 Å². The van der Waals surface area contributed by atoms with Gasteiger partial charge in [-0.2, -0.15) is 0 Å². The van der Waals surface area contributed by atoms with Crippen LogP contribution in [0.5, 0.6) is 11.5 Å². The molecular formula is C16H14N4O7. The van der Waals surface area contributed by atoms with Gasteiger partial charge in [-0.3, -0.25) is 34.4 Å². The molecule has 2 heterocycles. The zero-order valence-electron chi connectivity index (χ0n) is 14.5. The smallest absolute Gasteiger partial charge is 0.313 e. The fraction of sp³-hybridized carbons (Fsp3) is 0.188. The Kier molecular flexibility index (Phi) is 4.06. The average molecular weight is 374 g/mol. The van der Waals surface area contributed by atoms with Crippen molar-refractivity contribution in [2.75, 3.05) is 20.0 Å². The van der Waals surface area contributed by atoms with Crippen LogP contribution in [0.3, 0.4) is 0 Å². The topological polar surface area (TPSA) is 156 Å². The second-order valence-corrected chi connectivity index (χ2v) is 5.64. The van der Waals surface area contributed by atoms with Crippen LogP contribution in [0.4, 0.5) is 11.5 Å². The highest BCUT2D eigenvalue weighted by atomic mass is 16.6. The predicted molar refractivity (Wildman–Crippen MR) is 92.7 cm³/mol. The van der Waals surface area contributed by atoms with Gasteiger partial charge in [0.1, 0.15) is 17.3 Å². The van der Waals surface area contributed by atoms with Crippen LogP contribution in [0.2, 0.25) is 0 Å². The second-order valence-electron chi connectivity index (χ2n) is 5.64. The number of fused-ring (bicyclic) bond motifs is 1. The van der Waals surface area contributed by atoms with E-state index in [1.165, 1.54) is 21.1 Å². The molecule has 0 radical (unpaired) electrons. The number of rotatable bonds is 4. The van der Waals surface area contributed by atoms with Gasteiger partial charge in [0.15, 0.2) is 0 Å². The Hall–Kier alpha value is -3.89. The van der Waals surface area contributed by atoms with Crippen molar-refractivity contribution < 1.29 is 24.0 Å².